The van der Waals surface area contributed by atoms with Gasteiger partial charge in [-0.2, -0.15) is 0 Å². The van der Waals surface area contributed by atoms with Crippen molar-refractivity contribution in [2.45, 2.75) is 38.6 Å². The van der Waals surface area contributed by atoms with Gasteiger partial charge >= 0.3 is 0 Å². The average Bonchev–Trinajstić information content (AvgIpc) is 2.39. The molecule has 18 heavy (non-hydrogen) atoms. The standard InChI is InChI=1S/C15H22FNO/c1-11-2-4-12(5-3-11)15(10-18)17-14-8-6-13(16)7-9-14/h6-9,11-12,15,17-18H,2-5,10H2,1H3. The first kappa shape index (κ1) is 13.3. The molecule has 1 aliphatic rings. The summed E-state index contributed by atoms with van der Waals surface area (Å²) < 4.78 is 12.8. The minimum atomic E-state index is -0.229. The van der Waals surface area contributed by atoms with Crippen LogP contribution in [0.15, 0.2) is 24.3 Å². The van der Waals surface area contributed by atoms with E-state index in [0.29, 0.717) is 5.92 Å². The Labute approximate surface area is 108 Å². The molecule has 0 aromatic heterocycles. The highest BCUT2D eigenvalue weighted by Gasteiger charge is 2.25. The molecule has 100 valence electrons. The van der Waals surface area contributed by atoms with Crippen molar-refractivity contribution < 1.29 is 9.50 Å². The summed E-state index contributed by atoms with van der Waals surface area (Å²) >= 11 is 0. The molecule has 1 unspecified atom stereocenters. The smallest absolute Gasteiger partial charge is 0.123 e. The van der Waals surface area contributed by atoms with E-state index in [9.17, 15) is 9.50 Å². The van der Waals surface area contributed by atoms with E-state index >= 15 is 0 Å². The molecule has 2 rings (SSSR count). The Kier molecular flexibility index (Phi) is 4.59. The van der Waals surface area contributed by atoms with Gasteiger partial charge in [0.2, 0.25) is 0 Å². The van der Waals surface area contributed by atoms with Crippen LogP contribution in [-0.4, -0.2) is 17.8 Å². The number of benzene rings is 1. The third-order valence-corrected chi connectivity index (χ3v) is 4.02. The SMILES string of the molecule is CC1CCC(C(CO)Nc2ccc(F)cc2)CC1. The number of aliphatic hydroxyl groups excluding tert-OH is 1. The zero-order chi connectivity index (χ0) is 13.0. The van der Waals surface area contributed by atoms with Crippen molar-refractivity contribution in [3.05, 3.63) is 30.1 Å². The number of nitrogens with one attached hydrogen (secondary N) is 1. The van der Waals surface area contributed by atoms with E-state index in [2.05, 4.69) is 12.2 Å². The fraction of sp³-hybridized carbons (Fsp3) is 0.600. The van der Waals surface area contributed by atoms with Crippen molar-refractivity contribution in [3.63, 3.8) is 0 Å². The van der Waals surface area contributed by atoms with Crippen LogP contribution in [0.2, 0.25) is 0 Å². The molecule has 1 aromatic rings. The summed E-state index contributed by atoms with van der Waals surface area (Å²) in [6.07, 6.45) is 4.82. The van der Waals surface area contributed by atoms with Crippen molar-refractivity contribution in [1.29, 1.82) is 0 Å². The summed E-state index contributed by atoms with van der Waals surface area (Å²) in [7, 11) is 0. The molecule has 0 aliphatic heterocycles. The molecule has 0 heterocycles. The van der Waals surface area contributed by atoms with Gasteiger partial charge in [0, 0.05) is 5.69 Å². The molecule has 1 atom stereocenters. The molecule has 2 nitrogen and oxygen atoms in total. The van der Waals surface area contributed by atoms with E-state index in [-0.39, 0.29) is 18.5 Å². The Morgan fingerprint density at radius 3 is 2.39 bits per heavy atom. The van der Waals surface area contributed by atoms with Crippen LogP contribution in [0.25, 0.3) is 0 Å². The normalized spacial score (nSPS) is 25.7. The molecule has 0 amide bonds. The molecule has 0 spiro atoms. The first-order valence-corrected chi connectivity index (χ1v) is 6.82. The number of hydrogen-bond acceptors (Lipinski definition) is 2. The largest absolute Gasteiger partial charge is 0.394 e. The van der Waals surface area contributed by atoms with Crippen molar-refractivity contribution >= 4 is 5.69 Å². The molecule has 0 saturated heterocycles. The predicted molar refractivity (Wildman–Crippen MR) is 72.0 cm³/mol. The average molecular weight is 251 g/mol. The van der Waals surface area contributed by atoms with Gasteiger partial charge in [-0.3, -0.25) is 0 Å². The summed E-state index contributed by atoms with van der Waals surface area (Å²) in [6, 6.07) is 6.43. The maximum atomic E-state index is 12.8. The second kappa shape index (κ2) is 6.19. The maximum Gasteiger partial charge on any atom is 0.123 e. The lowest BCUT2D eigenvalue weighted by atomic mass is 9.79. The summed E-state index contributed by atoms with van der Waals surface area (Å²) in [5.41, 5.74) is 0.883. The minimum Gasteiger partial charge on any atom is -0.394 e. The number of anilines is 1. The summed E-state index contributed by atoms with van der Waals surface area (Å²) in [5, 5.41) is 12.8. The highest BCUT2D eigenvalue weighted by Crippen LogP contribution is 2.31. The molecule has 0 bridgehead atoms. The Bertz CT molecular complexity index is 357. The Balaban J connectivity index is 1.94. The molecular formula is C15H22FNO. The Morgan fingerprint density at radius 2 is 1.83 bits per heavy atom. The van der Waals surface area contributed by atoms with Crippen LogP contribution in [0.5, 0.6) is 0 Å². The molecule has 1 aliphatic carbocycles. The van der Waals surface area contributed by atoms with Crippen molar-refractivity contribution in [2.75, 3.05) is 11.9 Å². The van der Waals surface area contributed by atoms with Crippen LogP contribution >= 0.6 is 0 Å². The van der Waals surface area contributed by atoms with Crippen LogP contribution < -0.4 is 5.32 Å². The fourth-order valence-corrected chi connectivity index (χ4v) is 2.76. The zero-order valence-electron chi connectivity index (χ0n) is 10.9. The number of rotatable bonds is 4. The second-order valence-corrected chi connectivity index (χ2v) is 5.46. The number of hydrogen-bond donors (Lipinski definition) is 2. The van der Waals surface area contributed by atoms with Gasteiger partial charge in [-0.15, -0.1) is 0 Å². The van der Waals surface area contributed by atoms with Gasteiger partial charge < -0.3 is 10.4 Å². The van der Waals surface area contributed by atoms with Crippen LogP contribution in [0.4, 0.5) is 10.1 Å². The number of halogens is 1. The monoisotopic (exact) mass is 251 g/mol. The lowest BCUT2D eigenvalue weighted by molar-refractivity contribution is 0.193. The Morgan fingerprint density at radius 1 is 1.22 bits per heavy atom. The molecular weight excluding hydrogens is 229 g/mol. The zero-order valence-corrected chi connectivity index (χ0v) is 10.9. The van der Waals surface area contributed by atoms with Crippen LogP contribution in [0.3, 0.4) is 0 Å². The van der Waals surface area contributed by atoms with Crippen LogP contribution in [-0.2, 0) is 0 Å². The fourth-order valence-electron chi connectivity index (χ4n) is 2.76. The topological polar surface area (TPSA) is 32.3 Å². The Hall–Kier alpha value is -1.09. The van der Waals surface area contributed by atoms with E-state index in [1.54, 1.807) is 12.1 Å². The van der Waals surface area contributed by atoms with E-state index in [4.69, 9.17) is 0 Å². The second-order valence-electron chi connectivity index (χ2n) is 5.46. The van der Waals surface area contributed by atoms with E-state index in [1.165, 1.54) is 37.8 Å². The van der Waals surface area contributed by atoms with Gasteiger partial charge in [-0.25, -0.2) is 4.39 Å². The third kappa shape index (κ3) is 3.45. The van der Waals surface area contributed by atoms with Gasteiger partial charge in [-0.05, 0) is 48.9 Å². The van der Waals surface area contributed by atoms with Gasteiger partial charge in [0.25, 0.3) is 0 Å². The van der Waals surface area contributed by atoms with Crippen LogP contribution in [0, 0.1) is 17.7 Å². The summed E-state index contributed by atoms with van der Waals surface area (Å²) in [4.78, 5) is 0. The third-order valence-electron chi connectivity index (χ3n) is 4.02. The molecule has 1 aromatic carbocycles. The number of aliphatic hydroxyl groups is 1. The van der Waals surface area contributed by atoms with Crippen molar-refractivity contribution in [3.8, 4) is 0 Å². The molecule has 1 saturated carbocycles. The lowest BCUT2D eigenvalue weighted by Gasteiger charge is -2.32. The highest BCUT2D eigenvalue weighted by atomic mass is 19.1. The van der Waals surface area contributed by atoms with Gasteiger partial charge in [0.15, 0.2) is 0 Å². The van der Waals surface area contributed by atoms with Crippen LogP contribution in [0.1, 0.15) is 32.6 Å². The van der Waals surface area contributed by atoms with Gasteiger partial charge in [-0.1, -0.05) is 19.8 Å². The van der Waals surface area contributed by atoms with E-state index in [0.717, 1.165) is 11.6 Å². The lowest BCUT2D eigenvalue weighted by Crippen LogP contribution is -2.34. The first-order valence-electron chi connectivity index (χ1n) is 6.82. The minimum absolute atomic E-state index is 0.0861. The van der Waals surface area contributed by atoms with Crippen molar-refractivity contribution in [1.82, 2.24) is 0 Å². The van der Waals surface area contributed by atoms with E-state index in [1.807, 2.05) is 0 Å². The summed E-state index contributed by atoms with van der Waals surface area (Å²) in [5.74, 6) is 1.11. The molecule has 0 radical (unpaired) electrons. The highest BCUT2D eigenvalue weighted by molar-refractivity contribution is 5.44. The quantitative estimate of drug-likeness (QED) is 0.859. The predicted octanol–water partition coefficient (Wildman–Crippen LogP) is 3.42. The van der Waals surface area contributed by atoms with Gasteiger partial charge in [0.05, 0.1) is 12.6 Å². The summed E-state index contributed by atoms with van der Waals surface area (Å²) in [6.45, 7) is 2.42. The van der Waals surface area contributed by atoms with Gasteiger partial charge in [0.1, 0.15) is 5.82 Å². The molecule has 1 fully saturated rings. The van der Waals surface area contributed by atoms with E-state index < -0.39 is 0 Å². The maximum absolute atomic E-state index is 12.8. The first-order chi connectivity index (χ1) is 8.69. The van der Waals surface area contributed by atoms with Crippen molar-refractivity contribution in [2.24, 2.45) is 11.8 Å². The molecule has 3 heteroatoms. The molecule has 2 N–H and O–H groups in total.